The SMILES string of the molecule is CC1CN(CCCCC(C)(O)CN)CC(C)(C)O1. The van der Waals surface area contributed by atoms with Crippen molar-refractivity contribution in [2.24, 2.45) is 5.73 Å². The van der Waals surface area contributed by atoms with E-state index in [0.717, 1.165) is 38.9 Å². The van der Waals surface area contributed by atoms with Crippen LogP contribution in [-0.4, -0.2) is 53.5 Å². The molecule has 1 heterocycles. The van der Waals surface area contributed by atoms with Gasteiger partial charge in [-0.1, -0.05) is 0 Å². The van der Waals surface area contributed by atoms with E-state index in [-0.39, 0.29) is 5.60 Å². The van der Waals surface area contributed by atoms with Crippen molar-refractivity contribution >= 4 is 0 Å². The van der Waals surface area contributed by atoms with Gasteiger partial charge in [0.1, 0.15) is 0 Å². The lowest BCUT2D eigenvalue weighted by Crippen LogP contribution is -2.52. The Morgan fingerprint density at radius 3 is 2.67 bits per heavy atom. The highest BCUT2D eigenvalue weighted by Crippen LogP contribution is 2.21. The first-order valence-corrected chi connectivity index (χ1v) is 7.07. The summed E-state index contributed by atoms with van der Waals surface area (Å²) in [5.41, 5.74) is 4.77. The van der Waals surface area contributed by atoms with Crippen LogP contribution in [0.2, 0.25) is 0 Å². The summed E-state index contributed by atoms with van der Waals surface area (Å²) in [6, 6.07) is 0. The molecule has 1 fully saturated rings. The Labute approximate surface area is 111 Å². The van der Waals surface area contributed by atoms with Crippen LogP contribution in [-0.2, 0) is 4.74 Å². The van der Waals surface area contributed by atoms with Crippen molar-refractivity contribution in [1.82, 2.24) is 4.90 Å². The van der Waals surface area contributed by atoms with E-state index in [9.17, 15) is 5.11 Å². The first-order valence-electron chi connectivity index (χ1n) is 7.07. The van der Waals surface area contributed by atoms with E-state index in [1.165, 1.54) is 0 Å². The minimum atomic E-state index is -0.697. The van der Waals surface area contributed by atoms with E-state index in [1.807, 2.05) is 6.92 Å². The average Bonchev–Trinajstić information content (AvgIpc) is 2.22. The molecule has 1 saturated heterocycles. The molecule has 1 aliphatic rings. The fourth-order valence-electron chi connectivity index (χ4n) is 2.70. The predicted octanol–water partition coefficient (Wildman–Crippen LogP) is 1.37. The minimum Gasteiger partial charge on any atom is -0.389 e. The summed E-state index contributed by atoms with van der Waals surface area (Å²) in [7, 11) is 0. The third-order valence-electron chi connectivity index (χ3n) is 3.52. The summed E-state index contributed by atoms with van der Waals surface area (Å²) < 4.78 is 5.88. The largest absolute Gasteiger partial charge is 0.389 e. The predicted molar refractivity (Wildman–Crippen MR) is 74.6 cm³/mol. The highest BCUT2D eigenvalue weighted by Gasteiger charge is 2.30. The van der Waals surface area contributed by atoms with E-state index in [0.29, 0.717) is 12.6 Å². The Morgan fingerprint density at radius 1 is 1.44 bits per heavy atom. The zero-order valence-electron chi connectivity index (χ0n) is 12.4. The van der Waals surface area contributed by atoms with Crippen LogP contribution in [0.1, 0.15) is 47.0 Å². The van der Waals surface area contributed by atoms with Gasteiger partial charge in [-0.05, 0) is 53.5 Å². The second-order valence-electron chi connectivity index (χ2n) is 6.58. The van der Waals surface area contributed by atoms with Gasteiger partial charge < -0.3 is 15.6 Å². The first-order chi connectivity index (χ1) is 8.24. The van der Waals surface area contributed by atoms with Gasteiger partial charge in [0.2, 0.25) is 0 Å². The number of rotatable bonds is 6. The van der Waals surface area contributed by atoms with Crippen molar-refractivity contribution in [2.75, 3.05) is 26.2 Å². The number of nitrogens with two attached hydrogens (primary N) is 1. The molecule has 0 saturated carbocycles. The van der Waals surface area contributed by atoms with Crippen LogP contribution < -0.4 is 5.73 Å². The summed E-state index contributed by atoms with van der Waals surface area (Å²) in [6.45, 7) is 11.7. The summed E-state index contributed by atoms with van der Waals surface area (Å²) >= 11 is 0. The van der Waals surface area contributed by atoms with Crippen molar-refractivity contribution in [2.45, 2.75) is 64.3 Å². The second-order valence-corrected chi connectivity index (χ2v) is 6.58. The molecule has 18 heavy (non-hydrogen) atoms. The molecule has 1 aliphatic heterocycles. The molecule has 0 aromatic rings. The van der Waals surface area contributed by atoms with Gasteiger partial charge in [-0.3, -0.25) is 4.90 Å². The summed E-state index contributed by atoms with van der Waals surface area (Å²) in [5.74, 6) is 0. The number of unbranched alkanes of at least 4 members (excludes halogenated alkanes) is 1. The van der Waals surface area contributed by atoms with Crippen molar-refractivity contribution in [3.8, 4) is 0 Å². The quantitative estimate of drug-likeness (QED) is 0.706. The molecule has 2 unspecified atom stereocenters. The summed E-state index contributed by atoms with van der Waals surface area (Å²) in [4.78, 5) is 2.46. The van der Waals surface area contributed by atoms with Crippen LogP contribution in [0.5, 0.6) is 0 Å². The van der Waals surface area contributed by atoms with Crippen molar-refractivity contribution in [1.29, 1.82) is 0 Å². The molecule has 0 spiro atoms. The third-order valence-corrected chi connectivity index (χ3v) is 3.52. The second kappa shape index (κ2) is 6.33. The molecule has 2 atom stereocenters. The Kier molecular flexibility index (Phi) is 5.59. The lowest BCUT2D eigenvalue weighted by molar-refractivity contribution is -0.128. The number of morpholine rings is 1. The molecule has 4 heteroatoms. The van der Waals surface area contributed by atoms with E-state index >= 15 is 0 Å². The molecular formula is C14H30N2O2. The fourth-order valence-corrected chi connectivity index (χ4v) is 2.70. The Balaban J connectivity index is 2.23. The maximum atomic E-state index is 9.83. The minimum absolute atomic E-state index is 0.0413. The van der Waals surface area contributed by atoms with E-state index < -0.39 is 5.60 Å². The van der Waals surface area contributed by atoms with Crippen LogP contribution in [0, 0.1) is 0 Å². The molecule has 0 bridgehead atoms. The Morgan fingerprint density at radius 2 is 2.11 bits per heavy atom. The van der Waals surface area contributed by atoms with Gasteiger partial charge in [-0.2, -0.15) is 0 Å². The van der Waals surface area contributed by atoms with Gasteiger partial charge in [0.15, 0.2) is 0 Å². The maximum absolute atomic E-state index is 9.83. The Hall–Kier alpha value is -0.160. The van der Waals surface area contributed by atoms with E-state index in [2.05, 4.69) is 25.7 Å². The highest BCUT2D eigenvalue weighted by atomic mass is 16.5. The van der Waals surface area contributed by atoms with E-state index in [1.54, 1.807) is 0 Å². The van der Waals surface area contributed by atoms with Gasteiger partial charge >= 0.3 is 0 Å². The molecular weight excluding hydrogens is 228 g/mol. The topological polar surface area (TPSA) is 58.7 Å². The van der Waals surface area contributed by atoms with Crippen LogP contribution in [0.15, 0.2) is 0 Å². The smallest absolute Gasteiger partial charge is 0.0757 e. The lowest BCUT2D eigenvalue weighted by atomic mass is 9.99. The number of hydrogen-bond donors (Lipinski definition) is 2. The molecule has 0 radical (unpaired) electrons. The molecule has 3 N–H and O–H groups in total. The molecule has 4 nitrogen and oxygen atoms in total. The lowest BCUT2D eigenvalue weighted by Gasteiger charge is -2.41. The number of hydrogen-bond acceptors (Lipinski definition) is 4. The first kappa shape index (κ1) is 15.9. The number of ether oxygens (including phenoxy) is 1. The average molecular weight is 258 g/mol. The van der Waals surface area contributed by atoms with Gasteiger partial charge in [0.25, 0.3) is 0 Å². The summed E-state index contributed by atoms with van der Waals surface area (Å²) in [6.07, 6.45) is 3.23. The van der Waals surface area contributed by atoms with Crippen molar-refractivity contribution in [3.63, 3.8) is 0 Å². The van der Waals surface area contributed by atoms with Crippen LogP contribution in [0.4, 0.5) is 0 Å². The summed E-state index contributed by atoms with van der Waals surface area (Å²) in [5, 5.41) is 9.83. The van der Waals surface area contributed by atoms with Gasteiger partial charge in [-0.25, -0.2) is 0 Å². The molecule has 0 aromatic carbocycles. The Bertz CT molecular complexity index is 254. The normalized spacial score (nSPS) is 28.0. The maximum Gasteiger partial charge on any atom is 0.0757 e. The van der Waals surface area contributed by atoms with E-state index in [4.69, 9.17) is 10.5 Å². The van der Waals surface area contributed by atoms with Gasteiger partial charge in [-0.15, -0.1) is 0 Å². The zero-order valence-corrected chi connectivity index (χ0v) is 12.4. The van der Waals surface area contributed by atoms with Crippen LogP contribution in [0.25, 0.3) is 0 Å². The standard InChI is InChI=1S/C14H30N2O2/c1-12-9-16(11-13(2,3)18-12)8-6-5-7-14(4,17)10-15/h12,17H,5-11,15H2,1-4H3. The van der Waals surface area contributed by atoms with Crippen LogP contribution >= 0.6 is 0 Å². The fraction of sp³-hybridized carbons (Fsp3) is 1.00. The van der Waals surface area contributed by atoms with Crippen molar-refractivity contribution in [3.05, 3.63) is 0 Å². The van der Waals surface area contributed by atoms with Crippen LogP contribution in [0.3, 0.4) is 0 Å². The van der Waals surface area contributed by atoms with Gasteiger partial charge in [0.05, 0.1) is 17.3 Å². The third kappa shape index (κ3) is 5.65. The highest BCUT2D eigenvalue weighted by molar-refractivity contribution is 4.82. The zero-order chi connectivity index (χ0) is 13.8. The number of aliphatic hydroxyl groups is 1. The molecule has 1 rings (SSSR count). The molecule has 108 valence electrons. The van der Waals surface area contributed by atoms with Gasteiger partial charge in [0, 0.05) is 19.6 Å². The van der Waals surface area contributed by atoms with Crippen molar-refractivity contribution < 1.29 is 9.84 Å². The number of nitrogens with zero attached hydrogens (tertiary/aromatic N) is 1. The monoisotopic (exact) mass is 258 g/mol. The molecule has 0 amide bonds. The molecule has 0 aromatic heterocycles. The molecule has 0 aliphatic carbocycles.